The molecule has 3 aromatic carbocycles. The fraction of sp³-hybridized carbons (Fsp3) is 0.620. The van der Waals surface area contributed by atoms with Crippen LogP contribution < -0.4 is 34.0 Å². The Morgan fingerprint density at radius 2 is 1.15 bits per heavy atom. The molecule has 1 amide bonds. The lowest BCUT2D eigenvalue weighted by Gasteiger charge is -2.47. The van der Waals surface area contributed by atoms with Crippen molar-refractivity contribution in [1.29, 1.82) is 0 Å². The number of aliphatic hydroxyl groups excluding tert-OH is 6. The number of rotatable bonds is 23. The van der Waals surface area contributed by atoms with Crippen LogP contribution in [0.2, 0.25) is 0 Å². The van der Waals surface area contributed by atoms with Gasteiger partial charge in [-0.2, -0.15) is 0 Å². The molecule has 17 N–H and O–H groups in total. The van der Waals surface area contributed by atoms with Gasteiger partial charge in [0.05, 0.1) is 31.4 Å². The van der Waals surface area contributed by atoms with E-state index in [1.807, 2.05) is 91.0 Å². The molecule has 4 fully saturated rings. The van der Waals surface area contributed by atoms with Gasteiger partial charge in [-0.3, -0.25) is 0 Å². The largest absolute Gasteiger partial charge is 0.445 e. The molecule has 72 heavy (non-hydrogen) atoms. The third kappa shape index (κ3) is 14.3. The van der Waals surface area contributed by atoms with Crippen molar-refractivity contribution >= 4 is 6.09 Å². The Balaban J connectivity index is 1.09. The molecular formula is C50H75N7O15. The number of benzene rings is 3. The highest BCUT2D eigenvalue weighted by Gasteiger charge is 2.55. The number of nitrogens with two attached hydrogens (primary N) is 5. The summed E-state index contributed by atoms with van der Waals surface area (Å²) in [6.07, 6.45) is -18.3. The molecule has 0 spiro atoms. The minimum Gasteiger partial charge on any atom is -0.445 e. The molecule has 7 rings (SSSR count). The SMILES string of the molecule is NC[C@@H]1O[C@H](O[C@H]2[C@@H](OCCN(CCc3ccccc3)C(=O)OCc3ccccc3)[C@H](O[C@@H]3[C@@H](O)[C@H](N)C[C@H](N)[C@H]3O[C@H]3O[C@H](CNCCCc4ccccc4)[C@@H](O)[C@H](O)[C@H]3N)O[C@@H]2CO)[C@H](N)[C@@H](O)[C@@H]1O. The van der Waals surface area contributed by atoms with Gasteiger partial charge in [0.15, 0.2) is 18.9 Å². The molecule has 22 nitrogen and oxygen atoms in total. The molecule has 0 radical (unpaired) electrons. The Bertz CT molecular complexity index is 2040. The third-order valence-electron chi connectivity index (χ3n) is 13.8. The molecule has 3 saturated heterocycles. The van der Waals surface area contributed by atoms with E-state index in [1.165, 1.54) is 10.5 Å². The van der Waals surface area contributed by atoms with Crippen LogP contribution in [0.3, 0.4) is 0 Å². The standard InChI is InChI=1S/C50H75N7O15/c51-24-33-39(60)41(62)36(54)47(67-33)71-44-35(26-58)69-49(46(44)65-22-21-57(20-18-29-13-6-2-7-14-29)50(64)66-27-30-15-8-3-9-16-30)72-45-38(59)31(52)23-32(53)43(45)70-48-37(55)42(63)40(61)34(68-48)25-56-19-10-17-28-11-4-1-5-12-28/h1-9,11-16,31-49,56,58-63H,10,17-27,51-55H2/t31-,32+,33+,34-,35-,36-,37-,38+,39-,40-,41-,42-,43-,44-,45-,46-,47-,48-,49+/m1/s1. The van der Waals surface area contributed by atoms with Gasteiger partial charge >= 0.3 is 6.09 Å². The average molecular weight is 1010 g/mol. The Morgan fingerprint density at radius 3 is 1.76 bits per heavy atom. The molecule has 1 aliphatic carbocycles. The topological polar surface area (TPSA) is 358 Å². The molecule has 0 aromatic heterocycles. The number of carbonyl (C=O) groups excluding carboxylic acids is 1. The number of carbonyl (C=O) groups is 1. The quantitative estimate of drug-likeness (QED) is 0.0429. The molecule has 400 valence electrons. The lowest BCUT2D eigenvalue weighted by molar-refractivity contribution is -0.308. The number of nitrogens with one attached hydrogen (secondary N) is 1. The lowest BCUT2D eigenvalue weighted by atomic mass is 9.84. The number of aryl methyl sites for hydroxylation is 1. The smallest absolute Gasteiger partial charge is 0.410 e. The van der Waals surface area contributed by atoms with Gasteiger partial charge in [0, 0.05) is 38.3 Å². The van der Waals surface area contributed by atoms with E-state index in [9.17, 15) is 35.4 Å². The Morgan fingerprint density at radius 1 is 0.611 bits per heavy atom. The highest BCUT2D eigenvalue weighted by atomic mass is 16.8. The molecular weight excluding hydrogens is 939 g/mol. The predicted octanol–water partition coefficient (Wildman–Crippen LogP) is -2.73. The summed E-state index contributed by atoms with van der Waals surface area (Å²) in [5, 5.41) is 69.4. The number of ether oxygens (including phenoxy) is 8. The van der Waals surface area contributed by atoms with Crippen LogP contribution in [0.5, 0.6) is 0 Å². The summed E-state index contributed by atoms with van der Waals surface area (Å²) in [4.78, 5) is 15.2. The summed E-state index contributed by atoms with van der Waals surface area (Å²) in [5.74, 6) is 0. The maximum absolute atomic E-state index is 13.7. The second-order valence-corrected chi connectivity index (χ2v) is 18.9. The van der Waals surface area contributed by atoms with Gasteiger partial charge in [0.1, 0.15) is 73.8 Å². The van der Waals surface area contributed by atoms with Crippen molar-refractivity contribution in [3.63, 3.8) is 0 Å². The van der Waals surface area contributed by atoms with E-state index >= 15 is 0 Å². The van der Waals surface area contributed by atoms with E-state index in [0.717, 1.165) is 24.0 Å². The maximum Gasteiger partial charge on any atom is 0.410 e. The molecule has 4 aliphatic rings. The van der Waals surface area contributed by atoms with Gasteiger partial charge in [0.25, 0.3) is 0 Å². The van der Waals surface area contributed by atoms with Crippen molar-refractivity contribution in [3.8, 4) is 0 Å². The number of hydrogen-bond donors (Lipinski definition) is 12. The Labute approximate surface area is 419 Å². The summed E-state index contributed by atoms with van der Waals surface area (Å²) in [5.41, 5.74) is 34.7. The zero-order valence-corrected chi connectivity index (χ0v) is 40.3. The van der Waals surface area contributed by atoms with Crippen LogP contribution in [-0.4, -0.2) is 204 Å². The van der Waals surface area contributed by atoms with Gasteiger partial charge < -0.3 is 107 Å². The number of aliphatic hydroxyl groups is 6. The van der Waals surface area contributed by atoms with Gasteiger partial charge in [-0.1, -0.05) is 91.0 Å². The van der Waals surface area contributed by atoms with Crippen molar-refractivity contribution in [2.45, 2.75) is 149 Å². The maximum atomic E-state index is 13.7. The average Bonchev–Trinajstić information content (AvgIpc) is 3.72. The molecule has 3 aromatic rings. The van der Waals surface area contributed by atoms with E-state index in [1.54, 1.807) is 0 Å². The van der Waals surface area contributed by atoms with Crippen LogP contribution >= 0.6 is 0 Å². The van der Waals surface area contributed by atoms with Crippen molar-refractivity contribution in [3.05, 3.63) is 108 Å². The summed E-state index contributed by atoms with van der Waals surface area (Å²) < 4.78 is 50.1. The van der Waals surface area contributed by atoms with Crippen LogP contribution in [0.25, 0.3) is 0 Å². The van der Waals surface area contributed by atoms with E-state index in [4.69, 9.17) is 66.6 Å². The van der Waals surface area contributed by atoms with Gasteiger partial charge in [-0.25, -0.2) is 4.79 Å². The predicted molar refractivity (Wildman–Crippen MR) is 259 cm³/mol. The first-order chi connectivity index (χ1) is 34.8. The van der Waals surface area contributed by atoms with E-state index < -0.39 is 129 Å². The third-order valence-corrected chi connectivity index (χ3v) is 13.8. The highest BCUT2D eigenvalue weighted by Crippen LogP contribution is 2.36. The minimum atomic E-state index is -1.51. The summed E-state index contributed by atoms with van der Waals surface area (Å²) in [6, 6.07) is 24.4. The second kappa shape index (κ2) is 27.1. The monoisotopic (exact) mass is 1010 g/mol. The zero-order valence-electron chi connectivity index (χ0n) is 40.3. The van der Waals surface area contributed by atoms with Gasteiger partial charge in [-0.05, 0) is 48.9 Å². The normalized spacial score (nSPS) is 36.0. The van der Waals surface area contributed by atoms with E-state index in [0.29, 0.717) is 13.0 Å². The van der Waals surface area contributed by atoms with Crippen LogP contribution in [-0.2, 0) is 57.3 Å². The zero-order chi connectivity index (χ0) is 51.3. The highest BCUT2D eigenvalue weighted by molar-refractivity contribution is 5.67. The van der Waals surface area contributed by atoms with Crippen molar-refractivity contribution in [2.24, 2.45) is 28.7 Å². The molecule has 3 aliphatic heterocycles. The molecule has 3 heterocycles. The van der Waals surface area contributed by atoms with Crippen LogP contribution in [0.1, 0.15) is 29.5 Å². The van der Waals surface area contributed by atoms with E-state index in [2.05, 4.69) is 5.32 Å². The summed E-state index contributed by atoms with van der Waals surface area (Å²) in [6.45, 7) is -0.0397. The Kier molecular flexibility index (Phi) is 21.0. The van der Waals surface area contributed by atoms with Crippen molar-refractivity contribution in [1.82, 2.24) is 10.2 Å². The molecule has 19 atom stereocenters. The van der Waals surface area contributed by atoms with Crippen molar-refractivity contribution < 1.29 is 73.3 Å². The fourth-order valence-corrected chi connectivity index (χ4v) is 9.49. The number of hydrogen-bond acceptors (Lipinski definition) is 21. The van der Waals surface area contributed by atoms with Crippen LogP contribution in [0.15, 0.2) is 91.0 Å². The van der Waals surface area contributed by atoms with Crippen molar-refractivity contribution in [2.75, 3.05) is 45.9 Å². The first kappa shape index (κ1) is 55.9. The van der Waals surface area contributed by atoms with Crippen LogP contribution in [0.4, 0.5) is 4.79 Å². The summed E-state index contributed by atoms with van der Waals surface area (Å²) in [7, 11) is 0. The lowest BCUT2D eigenvalue weighted by Crippen LogP contribution is -2.68. The second-order valence-electron chi connectivity index (χ2n) is 18.9. The summed E-state index contributed by atoms with van der Waals surface area (Å²) >= 11 is 0. The first-order valence-corrected chi connectivity index (χ1v) is 24.8. The first-order valence-electron chi connectivity index (χ1n) is 24.8. The molecule has 0 bridgehead atoms. The van der Waals surface area contributed by atoms with E-state index in [-0.39, 0.29) is 45.8 Å². The Hall–Kier alpha value is -3.83. The van der Waals surface area contributed by atoms with Gasteiger partial charge in [0.2, 0.25) is 0 Å². The molecule has 1 saturated carbocycles. The number of nitrogens with zero attached hydrogens (tertiary/aromatic N) is 1. The molecule has 0 unspecified atom stereocenters. The fourth-order valence-electron chi connectivity index (χ4n) is 9.49. The van der Waals surface area contributed by atoms with Gasteiger partial charge in [-0.15, -0.1) is 0 Å². The molecule has 22 heteroatoms. The number of amides is 1. The minimum absolute atomic E-state index is 0.0124. The van der Waals surface area contributed by atoms with Crippen LogP contribution in [0, 0.1) is 0 Å².